The molecule has 1 fully saturated rings. The summed E-state index contributed by atoms with van der Waals surface area (Å²) in [5.41, 5.74) is 1.07. The number of methoxy groups -OCH3 is 1. The molecular formula is C22H22N4O4S. The highest BCUT2D eigenvalue weighted by atomic mass is 32.1. The van der Waals surface area contributed by atoms with Crippen molar-refractivity contribution in [3.63, 3.8) is 0 Å². The van der Waals surface area contributed by atoms with Gasteiger partial charge < -0.3 is 19.5 Å². The van der Waals surface area contributed by atoms with Crippen LogP contribution in [0.3, 0.4) is 0 Å². The molecule has 9 heteroatoms. The molecule has 3 heterocycles. The lowest BCUT2D eigenvalue weighted by Gasteiger charge is -2.25. The van der Waals surface area contributed by atoms with Gasteiger partial charge in [0.25, 0.3) is 11.5 Å². The van der Waals surface area contributed by atoms with Crippen molar-refractivity contribution < 1.29 is 14.3 Å². The number of nitrogens with one attached hydrogen (secondary N) is 1. The first kappa shape index (κ1) is 20.8. The first-order valence-corrected chi connectivity index (χ1v) is 10.8. The third kappa shape index (κ3) is 4.66. The van der Waals surface area contributed by atoms with Crippen molar-refractivity contribution in [2.24, 2.45) is 0 Å². The predicted molar refractivity (Wildman–Crippen MR) is 117 cm³/mol. The van der Waals surface area contributed by atoms with Crippen LogP contribution in [0.1, 0.15) is 34.8 Å². The normalized spacial score (nSPS) is 15.6. The Morgan fingerprint density at radius 2 is 2.03 bits per heavy atom. The molecule has 1 atom stereocenters. The van der Waals surface area contributed by atoms with E-state index in [0.717, 1.165) is 24.2 Å². The zero-order valence-electron chi connectivity index (χ0n) is 17.0. The summed E-state index contributed by atoms with van der Waals surface area (Å²) in [5.74, 6) is 0.231. The minimum Gasteiger partial charge on any atom is -0.497 e. The lowest BCUT2D eigenvalue weighted by Crippen LogP contribution is -2.33. The molecule has 2 amide bonds. The van der Waals surface area contributed by atoms with Crippen molar-refractivity contribution in [3.05, 3.63) is 75.7 Å². The van der Waals surface area contributed by atoms with Crippen LogP contribution in [0.15, 0.2) is 59.0 Å². The molecule has 4 rings (SSSR count). The van der Waals surface area contributed by atoms with Crippen LogP contribution < -0.4 is 15.6 Å². The number of nitrogens with zero attached hydrogens (tertiary/aromatic N) is 3. The number of hydrogen-bond donors (Lipinski definition) is 1. The fourth-order valence-corrected chi connectivity index (χ4v) is 4.27. The molecule has 2 aromatic heterocycles. The zero-order chi connectivity index (χ0) is 21.8. The van der Waals surface area contributed by atoms with E-state index < -0.39 is 0 Å². The van der Waals surface area contributed by atoms with Crippen molar-refractivity contribution in [1.29, 1.82) is 0 Å². The largest absolute Gasteiger partial charge is 0.497 e. The Labute approximate surface area is 183 Å². The molecule has 31 heavy (non-hydrogen) atoms. The van der Waals surface area contributed by atoms with E-state index in [1.54, 1.807) is 18.7 Å². The standard InChI is InChI=1S/C22H22N4O4S/c1-30-17-7-4-15(5-8-17)18-3-2-11-26(18)21(29)16-6-9-20(28)25(13-16)14-19(27)24-22-23-10-12-31-22/h4-10,12-13,18H,2-3,11,14H2,1H3,(H,23,24,27)/t18-/m0/s1. The average Bonchev–Trinajstić information content (AvgIpc) is 3.47. The van der Waals surface area contributed by atoms with Crippen molar-refractivity contribution in [2.45, 2.75) is 25.4 Å². The van der Waals surface area contributed by atoms with Crippen LogP contribution in [0.4, 0.5) is 5.13 Å². The minimum atomic E-state index is -0.376. The maximum atomic E-state index is 13.2. The molecule has 1 N–H and O–H groups in total. The second kappa shape index (κ2) is 9.13. The van der Waals surface area contributed by atoms with E-state index in [2.05, 4.69) is 10.3 Å². The number of pyridine rings is 1. The molecule has 0 unspecified atom stereocenters. The second-order valence-electron chi connectivity index (χ2n) is 7.20. The first-order valence-electron chi connectivity index (χ1n) is 9.90. The number of aromatic nitrogens is 2. The molecule has 0 bridgehead atoms. The highest BCUT2D eigenvalue weighted by Crippen LogP contribution is 2.33. The molecular weight excluding hydrogens is 416 g/mol. The van der Waals surface area contributed by atoms with Crippen molar-refractivity contribution in [2.75, 3.05) is 19.0 Å². The number of carbonyl (C=O) groups is 2. The smallest absolute Gasteiger partial charge is 0.255 e. The number of anilines is 1. The number of ether oxygens (including phenoxy) is 1. The number of hydrogen-bond acceptors (Lipinski definition) is 6. The molecule has 0 spiro atoms. The Morgan fingerprint density at radius 3 is 2.74 bits per heavy atom. The fourth-order valence-electron chi connectivity index (χ4n) is 3.73. The van der Waals surface area contributed by atoms with Gasteiger partial charge >= 0.3 is 0 Å². The van der Waals surface area contributed by atoms with Gasteiger partial charge in [0.15, 0.2) is 5.13 Å². The SMILES string of the molecule is COc1ccc([C@@H]2CCCN2C(=O)c2ccc(=O)n(CC(=O)Nc3nccs3)c2)cc1. The van der Waals surface area contributed by atoms with Crippen LogP contribution in [0.5, 0.6) is 5.75 Å². The van der Waals surface area contributed by atoms with Gasteiger partial charge in [-0.05, 0) is 36.6 Å². The summed E-state index contributed by atoms with van der Waals surface area (Å²) in [6.45, 7) is 0.445. The Hall–Kier alpha value is -3.46. The molecule has 1 saturated heterocycles. The maximum Gasteiger partial charge on any atom is 0.255 e. The monoisotopic (exact) mass is 438 g/mol. The molecule has 3 aromatic rings. The summed E-state index contributed by atoms with van der Waals surface area (Å²) in [5, 5.41) is 4.85. The lowest BCUT2D eigenvalue weighted by molar-refractivity contribution is -0.116. The van der Waals surface area contributed by atoms with Crippen LogP contribution in [0.25, 0.3) is 0 Å². The molecule has 8 nitrogen and oxygen atoms in total. The van der Waals surface area contributed by atoms with Crippen LogP contribution in [0, 0.1) is 0 Å². The summed E-state index contributed by atoms with van der Waals surface area (Å²) in [7, 11) is 1.62. The van der Waals surface area contributed by atoms with E-state index in [0.29, 0.717) is 17.2 Å². The topological polar surface area (TPSA) is 93.5 Å². The van der Waals surface area contributed by atoms with Gasteiger partial charge in [-0.3, -0.25) is 14.4 Å². The van der Waals surface area contributed by atoms with E-state index in [-0.39, 0.29) is 30.0 Å². The minimum absolute atomic E-state index is 0.0352. The third-order valence-electron chi connectivity index (χ3n) is 5.24. The third-order valence-corrected chi connectivity index (χ3v) is 5.93. The molecule has 1 aliphatic rings. The van der Waals surface area contributed by atoms with E-state index in [4.69, 9.17) is 4.74 Å². The zero-order valence-corrected chi connectivity index (χ0v) is 17.8. The Bertz CT molecular complexity index is 1130. The summed E-state index contributed by atoms with van der Waals surface area (Å²) in [6, 6.07) is 10.5. The number of rotatable bonds is 6. The second-order valence-corrected chi connectivity index (χ2v) is 8.09. The lowest BCUT2D eigenvalue weighted by atomic mass is 10.0. The molecule has 1 aromatic carbocycles. The van der Waals surface area contributed by atoms with Crippen molar-refractivity contribution >= 4 is 28.3 Å². The van der Waals surface area contributed by atoms with Gasteiger partial charge in [0, 0.05) is 30.4 Å². The van der Waals surface area contributed by atoms with Crippen molar-refractivity contribution in [3.8, 4) is 5.75 Å². The molecule has 0 radical (unpaired) electrons. The molecule has 1 aliphatic heterocycles. The number of amides is 2. The molecule has 0 saturated carbocycles. The van der Waals surface area contributed by atoms with Gasteiger partial charge in [0.05, 0.1) is 18.7 Å². The van der Waals surface area contributed by atoms with Gasteiger partial charge in [0.1, 0.15) is 12.3 Å². The van der Waals surface area contributed by atoms with E-state index in [1.807, 2.05) is 29.2 Å². The average molecular weight is 439 g/mol. The van der Waals surface area contributed by atoms with E-state index >= 15 is 0 Å². The van der Waals surface area contributed by atoms with Gasteiger partial charge in [-0.25, -0.2) is 4.98 Å². The highest BCUT2D eigenvalue weighted by Gasteiger charge is 2.31. The number of benzene rings is 1. The first-order chi connectivity index (χ1) is 15.0. The number of likely N-dealkylation sites (tertiary alicyclic amines) is 1. The van der Waals surface area contributed by atoms with E-state index in [1.165, 1.54) is 34.2 Å². The van der Waals surface area contributed by atoms with Gasteiger partial charge in [-0.15, -0.1) is 11.3 Å². The summed E-state index contributed by atoms with van der Waals surface area (Å²) < 4.78 is 6.46. The van der Waals surface area contributed by atoms with Crippen LogP contribution in [-0.2, 0) is 11.3 Å². The maximum absolute atomic E-state index is 13.2. The summed E-state index contributed by atoms with van der Waals surface area (Å²) in [4.78, 5) is 43.5. The Kier molecular flexibility index (Phi) is 6.13. The quantitative estimate of drug-likeness (QED) is 0.639. The fraction of sp³-hybridized carbons (Fsp3) is 0.273. The Morgan fingerprint density at radius 1 is 1.23 bits per heavy atom. The van der Waals surface area contributed by atoms with Crippen molar-refractivity contribution in [1.82, 2.24) is 14.5 Å². The number of carbonyl (C=O) groups excluding carboxylic acids is 2. The summed E-state index contributed by atoms with van der Waals surface area (Å²) >= 11 is 1.29. The number of thiazole rings is 1. The van der Waals surface area contributed by atoms with Crippen LogP contribution >= 0.6 is 11.3 Å². The molecule has 160 valence electrons. The summed E-state index contributed by atoms with van der Waals surface area (Å²) in [6.07, 6.45) is 4.81. The molecule has 0 aliphatic carbocycles. The van der Waals surface area contributed by atoms with Gasteiger partial charge in [-0.2, -0.15) is 0 Å². The van der Waals surface area contributed by atoms with Gasteiger partial charge in [0.2, 0.25) is 5.91 Å². The van der Waals surface area contributed by atoms with Gasteiger partial charge in [-0.1, -0.05) is 12.1 Å². The predicted octanol–water partition coefficient (Wildman–Crippen LogP) is 2.93. The van der Waals surface area contributed by atoms with Crippen LogP contribution in [0.2, 0.25) is 0 Å². The highest BCUT2D eigenvalue weighted by molar-refractivity contribution is 7.13. The van der Waals surface area contributed by atoms with E-state index in [9.17, 15) is 14.4 Å². The van der Waals surface area contributed by atoms with Crippen LogP contribution in [-0.4, -0.2) is 39.9 Å². The Balaban J connectivity index is 1.51.